The smallest absolute Gasteiger partial charge is 0.270 e. The normalized spacial score (nSPS) is 14.8. The number of benzene rings is 1. The first-order valence-corrected chi connectivity index (χ1v) is 7.91. The number of nitrogens with zero attached hydrogens (tertiary/aromatic N) is 3. The van der Waals surface area contributed by atoms with Crippen LogP contribution in [0.1, 0.15) is 32.8 Å². The van der Waals surface area contributed by atoms with Crippen LogP contribution in [0.3, 0.4) is 0 Å². The molecule has 3 rings (SSSR count). The Hall–Kier alpha value is -3.07. The van der Waals surface area contributed by atoms with Gasteiger partial charge in [-0.15, -0.1) is 0 Å². The van der Waals surface area contributed by atoms with E-state index in [2.05, 4.69) is 4.98 Å². The van der Waals surface area contributed by atoms with Crippen LogP contribution in [-0.2, 0) is 0 Å². The van der Waals surface area contributed by atoms with Crippen LogP contribution in [-0.4, -0.2) is 52.8 Å². The van der Waals surface area contributed by atoms with Crippen molar-refractivity contribution in [2.75, 3.05) is 26.2 Å². The molecule has 0 saturated carbocycles. The van der Waals surface area contributed by atoms with Gasteiger partial charge in [0.25, 0.3) is 11.8 Å². The van der Waals surface area contributed by atoms with E-state index in [4.69, 9.17) is 5.26 Å². The maximum absolute atomic E-state index is 12.6. The maximum atomic E-state index is 12.6. The molecule has 6 nitrogen and oxygen atoms in total. The third kappa shape index (κ3) is 3.30. The summed E-state index contributed by atoms with van der Waals surface area (Å²) < 4.78 is 0. The standard InChI is InChI=1S/C18H18N4O2/c19-13-14-4-1-5-15(12-14)17(23)21-8-3-9-22(11-10-21)18(24)16-6-2-7-20-16/h1-2,4-7,12,20H,3,8-11H2. The van der Waals surface area contributed by atoms with E-state index in [9.17, 15) is 9.59 Å². The van der Waals surface area contributed by atoms with Gasteiger partial charge < -0.3 is 14.8 Å². The zero-order valence-corrected chi connectivity index (χ0v) is 13.2. The third-order valence-electron chi connectivity index (χ3n) is 4.14. The molecule has 1 aromatic heterocycles. The monoisotopic (exact) mass is 322 g/mol. The van der Waals surface area contributed by atoms with Gasteiger partial charge in [0.05, 0.1) is 11.6 Å². The van der Waals surface area contributed by atoms with Crippen molar-refractivity contribution < 1.29 is 9.59 Å². The Morgan fingerprint density at radius 1 is 1.00 bits per heavy atom. The Morgan fingerprint density at radius 3 is 2.42 bits per heavy atom. The fourth-order valence-corrected chi connectivity index (χ4v) is 2.86. The van der Waals surface area contributed by atoms with E-state index in [1.165, 1.54) is 0 Å². The number of H-pyrrole nitrogens is 1. The summed E-state index contributed by atoms with van der Waals surface area (Å²) in [4.78, 5) is 31.5. The molecule has 1 aliphatic heterocycles. The summed E-state index contributed by atoms with van der Waals surface area (Å²) in [6.07, 6.45) is 2.46. The molecule has 1 aromatic carbocycles. The summed E-state index contributed by atoms with van der Waals surface area (Å²) in [5.41, 5.74) is 1.55. The molecule has 0 unspecified atom stereocenters. The van der Waals surface area contributed by atoms with Crippen LogP contribution in [0, 0.1) is 11.3 Å². The number of amides is 2. The summed E-state index contributed by atoms with van der Waals surface area (Å²) in [5.74, 6) is -0.137. The number of hydrogen-bond donors (Lipinski definition) is 1. The second-order valence-corrected chi connectivity index (χ2v) is 5.71. The quantitative estimate of drug-likeness (QED) is 0.916. The first kappa shape index (κ1) is 15.8. The van der Waals surface area contributed by atoms with Gasteiger partial charge in [0.15, 0.2) is 0 Å². The number of carbonyl (C=O) groups is 2. The van der Waals surface area contributed by atoms with Gasteiger partial charge in [-0.05, 0) is 36.8 Å². The number of nitrogens with one attached hydrogen (secondary N) is 1. The predicted octanol–water partition coefficient (Wildman–Crippen LogP) is 1.87. The van der Waals surface area contributed by atoms with Crippen LogP contribution in [0.25, 0.3) is 0 Å². The molecule has 2 aromatic rings. The first-order chi connectivity index (χ1) is 11.7. The molecule has 1 N–H and O–H groups in total. The van der Waals surface area contributed by atoms with E-state index in [-0.39, 0.29) is 11.8 Å². The minimum Gasteiger partial charge on any atom is -0.357 e. The fraction of sp³-hybridized carbons (Fsp3) is 0.278. The Balaban J connectivity index is 1.68. The van der Waals surface area contributed by atoms with Crippen molar-refractivity contribution in [3.63, 3.8) is 0 Å². The Kier molecular flexibility index (Phi) is 4.62. The lowest BCUT2D eigenvalue weighted by Gasteiger charge is -2.22. The summed E-state index contributed by atoms with van der Waals surface area (Å²) in [7, 11) is 0. The van der Waals surface area contributed by atoms with Gasteiger partial charge in [-0.3, -0.25) is 9.59 Å². The molecule has 0 atom stereocenters. The second-order valence-electron chi connectivity index (χ2n) is 5.71. The minimum atomic E-state index is -0.0960. The van der Waals surface area contributed by atoms with Crippen LogP contribution in [0.4, 0.5) is 0 Å². The maximum Gasteiger partial charge on any atom is 0.270 e. The summed E-state index contributed by atoms with van der Waals surface area (Å²) in [6, 6.07) is 12.3. The molecule has 24 heavy (non-hydrogen) atoms. The summed E-state index contributed by atoms with van der Waals surface area (Å²) >= 11 is 0. The zero-order valence-electron chi connectivity index (χ0n) is 13.2. The molecule has 122 valence electrons. The van der Waals surface area contributed by atoms with Gasteiger partial charge >= 0.3 is 0 Å². The lowest BCUT2D eigenvalue weighted by Crippen LogP contribution is -2.37. The van der Waals surface area contributed by atoms with Crippen LogP contribution < -0.4 is 0 Å². The topological polar surface area (TPSA) is 80.2 Å². The van der Waals surface area contributed by atoms with Crippen LogP contribution in [0.2, 0.25) is 0 Å². The molecule has 1 saturated heterocycles. The zero-order chi connectivity index (χ0) is 16.9. The van der Waals surface area contributed by atoms with Gasteiger partial charge in [-0.2, -0.15) is 5.26 Å². The second kappa shape index (κ2) is 7.01. The molecule has 1 aliphatic rings. The highest BCUT2D eigenvalue weighted by Crippen LogP contribution is 2.12. The largest absolute Gasteiger partial charge is 0.357 e. The van der Waals surface area contributed by atoms with Gasteiger partial charge in [0, 0.05) is 37.9 Å². The van der Waals surface area contributed by atoms with E-state index in [1.807, 2.05) is 6.07 Å². The van der Waals surface area contributed by atoms with Crippen molar-refractivity contribution >= 4 is 11.8 Å². The van der Waals surface area contributed by atoms with E-state index in [0.717, 1.165) is 6.42 Å². The highest BCUT2D eigenvalue weighted by atomic mass is 16.2. The Bertz CT molecular complexity index is 777. The highest BCUT2D eigenvalue weighted by molar-refractivity contribution is 5.95. The van der Waals surface area contributed by atoms with E-state index < -0.39 is 0 Å². The number of nitriles is 1. The highest BCUT2D eigenvalue weighted by Gasteiger charge is 2.23. The first-order valence-electron chi connectivity index (χ1n) is 7.91. The van der Waals surface area contributed by atoms with Crippen LogP contribution in [0.5, 0.6) is 0 Å². The van der Waals surface area contributed by atoms with Gasteiger partial charge in [0.1, 0.15) is 5.69 Å². The summed E-state index contributed by atoms with van der Waals surface area (Å²) in [6.45, 7) is 2.22. The number of carbonyl (C=O) groups excluding carboxylic acids is 2. The molecule has 2 heterocycles. The van der Waals surface area contributed by atoms with Crippen molar-refractivity contribution in [1.82, 2.24) is 14.8 Å². The van der Waals surface area contributed by atoms with Crippen molar-refractivity contribution in [3.8, 4) is 6.07 Å². The Morgan fingerprint density at radius 2 is 1.75 bits per heavy atom. The average Bonchev–Trinajstić information content (AvgIpc) is 3.05. The van der Waals surface area contributed by atoms with Gasteiger partial charge in [-0.25, -0.2) is 0 Å². The van der Waals surface area contributed by atoms with E-state index in [1.54, 1.807) is 52.4 Å². The third-order valence-corrected chi connectivity index (χ3v) is 4.14. The molecule has 2 amide bonds. The van der Waals surface area contributed by atoms with Crippen LogP contribution in [0.15, 0.2) is 42.6 Å². The minimum absolute atomic E-state index is 0.0409. The van der Waals surface area contributed by atoms with E-state index in [0.29, 0.717) is 43.0 Å². The van der Waals surface area contributed by atoms with Crippen molar-refractivity contribution in [1.29, 1.82) is 5.26 Å². The van der Waals surface area contributed by atoms with Gasteiger partial charge in [-0.1, -0.05) is 6.07 Å². The molecule has 0 aliphatic carbocycles. The van der Waals surface area contributed by atoms with Gasteiger partial charge in [0.2, 0.25) is 0 Å². The summed E-state index contributed by atoms with van der Waals surface area (Å²) in [5, 5.41) is 8.96. The van der Waals surface area contributed by atoms with E-state index >= 15 is 0 Å². The number of rotatable bonds is 2. The number of aromatic nitrogens is 1. The number of aromatic amines is 1. The fourth-order valence-electron chi connectivity index (χ4n) is 2.86. The predicted molar refractivity (Wildman–Crippen MR) is 88.4 cm³/mol. The molecule has 0 radical (unpaired) electrons. The SMILES string of the molecule is N#Cc1cccc(C(=O)N2CCCN(C(=O)c3ccc[nH]3)CC2)c1. The average molecular weight is 322 g/mol. The molecular weight excluding hydrogens is 304 g/mol. The lowest BCUT2D eigenvalue weighted by molar-refractivity contribution is 0.0716. The molecular formula is C18H18N4O2. The van der Waals surface area contributed by atoms with Crippen molar-refractivity contribution in [3.05, 3.63) is 59.4 Å². The molecule has 6 heteroatoms. The lowest BCUT2D eigenvalue weighted by atomic mass is 10.1. The number of hydrogen-bond acceptors (Lipinski definition) is 3. The molecule has 1 fully saturated rings. The van der Waals surface area contributed by atoms with Crippen molar-refractivity contribution in [2.45, 2.75) is 6.42 Å². The molecule has 0 spiro atoms. The van der Waals surface area contributed by atoms with Crippen molar-refractivity contribution in [2.24, 2.45) is 0 Å². The molecule has 0 bridgehead atoms. The Labute approximate surface area is 140 Å². The van der Waals surface area contributed by atoms with Crippen LogP contribution >= 0.6 is 0 Å².